The van der Waals surface area contributed by atoms with E-state index in [1.54, 1.807) is 6.26 Å². The molecule has 3 nitrogen and oxygen atoms in total. The summed E-state index contributed by atoms with van der Waals surface area (Å²) < 4.78 is 13.0. The molecule has 2 N–H and O–H groups in total. The third kappa shape index (κ3) is 3.12. The molecule has 0 radical (unpaired) electrons. The van der Waals surface area contributed by atoms with Crippen LogP contribution >= 0.6 is 31.9 Å². The van der Waals surface area contributed by atoms with E-state index in [0.717, 1.165) is 20.5 Å². The quantitative estimate of drug-likeness (QED) is 0.899. The lowest BCUT2D eigenvalue weighted by molar-refractivity contribution is 0.183. The Morgan fingerprint density at radius 3 is 2.71 bits per heavy atom. The van der Waals surface area contributed by atoms with E-state index in [0.29, 0.717) is 6.54 Å². The highest BCUT2D eigenvalue weighted by atomic mass is 79.9. The van der Waals surface area contributed by atoms with Gasteiger partial charge in [-0.05, 0) is 46.3 Å². The van der Waals surface area contributed by atoms with Crippen LogP contribution in [0, 0.1) is 0 Å². The molecule has 1 heterocycles. The Morgan fingerprint density at radius 2 is 2.12 bits per heavy atom. The van der Waals surface area contributed by atoms with Crippen LogP contribution in [0.1, 0.15) is 11.9 Å². The van der Waals surface area contributed by atoms with Crippen molar-refractivity contribution in [3.63, 3.8) is 0 Å². The van der Waals surface area contributed by atoms with Gasteiger partial charge in [-0.3, -0.25) is 0 Å². The fourth-order valence-electron chi connectivity index (χ4n) is 1.42. The highest BCUT2D eigenvalue weighted by molar-refractivity contribution is 9.11. The monoisotopic (exact) mass is 359 g/mol. The number of hydrogen-bond acceptors (Lipinski definition) is 3. The van der Waals surface area contributed by atoms with E-state index in [2.05, 4.69) is 31.9 Å². The lowest BCUT2D eigenvalue weighted by Gasteiger charge is -2.16. The van der Waals surface area contributed by atoms with Crippen molar-refractivity contribution in [1.29, 1.82) is 0 Å². The predicted molar refractivity (Wildman–Crippen MR) is 73.0 cm³/mol. The second-order valence-electron chi connectivity index (χ2n) is 3.43. The fourth-order valence-corrected chi connectivity index (χ4v) is 2.56. The molecule has 0 fully saturated rings. The molecule has 0 amide bonds. The summed E-state index contributed by atoms with van der Waals surface area (Å²) in [6.07, 6.45) is 1.33. The van der Waals surface area contributed by atoms with Crippen LogP contribution < -0.4 is 10.5 Å². The van der Waals surface area contributed by atoms with Crippen molar-refractivity contribution in [2.24, 2.45) is 5.73 Å². The molecule has 1 unspecified atom stereocenters. The zero-order valence-corrected chi connectivity index (χ0v) is 12.1. The van der Waals surface area contributed by atoms with Crippen molar-refractivity contribution >= 4 is 31.9 Å². The number of hydrogen-bond donors (Lipinski definition) is 1. The minimum Gasteiger partial charge on any atom is -0.480 e. The molecule has 0 saturated carbocycles. The van der Waals surface area contributed by atoms with Crippen LogP contribution in [0.15, 0.2) is 50.0 Å². The minimum absolute atomic E-state index is 0.275. The van der Waals surface area contributed by atoms with Gasteiger partial charge >= 0.3 is 0 Å². The predicted octanol–water partition coefficient (Wildman–Crippen LogP) is 3.88. The number of ether oxygens (including phenoxy) is 1. The molecule has 0 aliphatic carbocycles. The molecule has 17 heavy (non-hydrogen) atoms. The molecule has 0 aliphatic heterocycles. The molecule has 1 aromatic heterocycles. The summed E-state index contributed by atoms with van der Waals surface area (Å²) in [5.41, 5.74) is 5.68. The van der Waals surface area contributed by atoms with Gasteiger partial charge in [0.1, 0.15) is 11.5 Å². The largest absolute Gasteiger partial charge is 0.480 e. The Morgan fingerprint density at radius 1 is 1.29 bits per heavy atom. The van der Waals surface area contributed by atoms with E-state index in [4.69, 9.17) is 14.9 Å². The van der Waals surface area contributed by atoms with Crippen LogP contribution in [0.25, 0.3) is 0 Å². The number of halogens is 2. The maximum atomic E-state index is 5.81. The van der Waals surface area contributed by atoms with Crippen molar-refractivity contribution < 1.29 is 9.15 Å². The number of benzene rings is 1. The van der Waals surface area contributed by atoms with Gasteiger partial charge in [-0.25, -0.2) is 0 Å². The van der Waals surface area contributed by atoms with Crippen LogP contribution in [0.3, 0.4) is 0 Å². The molecule has 0 bridgehead atoms. The summed E-state index contributed by atoms with van der Waals surface area (Å²) in [6, 6.07) is 9.38. The van der Waals surface area contributed by atoms with E-state index in [-0.39, 0.29) is 6.10 Å². The van der Waals surface area contributed by atoms with Gasteiger partial charge in [0.05, 0.1) is 10.7 Å². The van der Waals surface area contributed by atoms with Crippen molar-refractivity contribution in [3.05, 3.63) is 51.3 Å². The molecule has 1 aromatic carbocycles. The zero-order chi connectivity index (χ0) is 12.3. The molecule has 0 aliphatic rings. The van der Waals surface area contributed by atoms with Crippen LogP contribution in [-0.2, 0) is 0 Å². The molecule has 5 heteroatoms. The number of nitrogens with two attached hydrogens (primary N) is 1. The van der Waals surface area contributed by atoms with E-state index in [1.807, 2.05) is 30.3 Å². The summed E-state index contributed by atoms with van der Waals surface area (Å²) in [4.78, 5) is 0. The average Bonchev–Trinajstić information content (AvgIpc) is 2.81. The van der Waals surface area contributed by atoms with E-state index < -0.39 is 0 Å². The highest BCUT2D eigenvalue weighted by Gasteiger charge is 2.15. The molecule has 90 valence electrons. The molecular formula is C12H11Br2NO2. The third-order valence-electron chi connectivity index (χ3n) is 2.24. The standard InChI is InChI=1S/C12H11Br2NO2/c13-8-3-4-10(9(14)6-8)17-12(7-15)11-2-1-5-16-11/h1-6,12H,7,15H2. The first kappa shape index (κ1) is 12.7. The first-order valence-corrected chi connectivity index (χ1v) is 6.64. The summed E-state index contributed by atoms with van der Waals surface area (Å²) in [5, 5.41) is 0. The first-order chi connectivity index (χ1) is 8.20. The van der Waals surface area contributed by atoms with Gasteiger partial charge in [-0.15, -0.1) is 0 Å². The SMILES string of the molecule is NCC(Oc1ccc(Br)cc1Br)c1ccco1. The van der Waals surface area contributed by atoms with Crippen molar-refractivity contribution in [2.75, 3.05) is 6.54 Å². The maximum absolute atomic E-state index is 5.81. The smallest absolute Gasteiger partial charge is 0.168 e. The first-order valence-electron chi connectivity index (χ1n) is 5.06. The zero-order valence-electron chi connectivity index (χ0n) is 8.90. The van der Waals surface area contributed by atoms with E-state index in [9.17, 15) is 0 Å². The van der Waals surface area contributed by atoms with Gasteiger partial charge in [-0.1, -0.05) is 15.9 Å². The van der Waals surface area contributed by atoms with Crippen LogP contribution in [-0.4, -0.2) is 6.54 Å². The van der Waals surface area contributed by atoms with Crippen molar-refractivity contribution in [2.45, 2.75) is 6.10 Å². The summed E-state index contributed by atoms with van der Waals surface area (Å²) >= 11 is 6.83. The molecule has 0 spiro atoms. The summed E-state index contributed by atoms with van der Waals surface area (Å²) in [5.74, 6) is 1.46. The lowest BCUT2D eigenvalue weighted by Crippen LogP contribution is -2.18. The van der Waals surface area contributed by atoms with Gasteiger partial charge in [0.15, 0.2) is 6.10 Å². The van der Waals surface area contributed by atoms with Crippen LogP contribution in [0.2, 0.25) is 0 Å². The maximum Gasteiger partial charge on any atom is 0.168 e. The van der Waals surface area contributed by atoms with Crippen LogP contribution in [0.5, 0.6) is 5.75 Å². The van der Waals surface area contributed by atoms with Crippen LogP contribution in [0.4, 0.5) is 0 Å². The Kier molecular flexibility index (Phi) is 4.25. The topological polar surface area (TPSA) is 48.4 Å². The van der Waals surface area contributed by atoms with Gasteiger partial charge in [0.25, 0.3) is 0 Å². The summed E-state index contributed by atoms with van der Waals surface area (Å²) in [7, 11) is 0. The second-order valence-corrected chi connectivity index (χ2v) is 5.20. The molecule has 2 rings (SSSR count). The average molecular weight is 361 g/mol. The van der Waals surface area contributed by atoms with E-state index in [1.165, 1.54) is 0 Å². The Bertz CT molecular complexity index is 485. The normalized spacial score (nSPS) is 12.4. The Hall–Kier alpha value is -0.780. The van der Waals surface area contributed by atoms with E-state index >= 15 is 0 Å². The number of furan rings is 1. The molecule has 2 aromatic rings. The highest BCUT2D eigenvalue weighted by Crippen LogP contribution is 2.31. The van der Waals surface area contributed by atoms with Gasteiger partial charge in [0.2, 0.25) is 0 Å². The van der Waals surface area contributed by atoms with Crippen molar-refractivity contribution in [3.8, 4) is 5.75 Å². The molecule has 1 atom stereocenters. The fraction of sp³-hybridized carbons (Fsp3) is 0.167. The van der Waals surface area contributed by atoms with Gasteiger partial charge in [0, 0.05) is 11.0 Å². The molecular weight excluding hydrogens is 350 g/mol. The Labute approximate surface area is 116 Å². The van der Waals surface area contributed by atoms with Gasteiger partial charge in [-0.2, -0.15) is 0 Å². The molecule has 0 saturated heterocycles. The Balaban J connectivity index is 2.19. The number of rotatable bonds is 4. The second kappa shape index (κ2) is 5.71. The van der Waals surface area contributed by atoms with Crippen molar-refractivity contribution in [1.82, 2.24) is 0 Å². The minimum atomic E-state index is -0.275. The van der Waals surface area contributed by atoms with Gasteiger partial charge < -0.3 is 14.9 Å². The lowest BCUT2D eigenvalue weighted by atomic mass is 10.2. The summed E-state index contributed by atoms with van der Waals surface area (Å²) in [6.45, 7) is 0.357. The third-order valence-corrected chi connectivity index (χ3v) is 3.35.